The number of halogens is 2. The van der Waals surface area contributed by atoms with Crippen LogP contribution in [-0.4, -0.2) is 15.8 Å². The number of rotatable bonds is 3. The zero-order chi connectivity index (χ0) is 17.1. The fraction of sp³-hybridized carbons (Fsp3) is 0.0588. The van der Waals surface area contributed by atoms with Gasteiger partial charge in [-0.2, -0.15) is 5.10 Å². The zero-order valence-corrected chi connectivity index (χ0v) is 14.3. The van der Waals surface area contributed by atoms with Gasteiger partial charge in [0.05, 0.1) is 16.4 Å². The van der Waals surface area contributed by atoms with Crippen molar-refractivity contribution in [3.8, 4) is 11.3 Å². The molecule has 0 bridgehead atoms. The van der Waals surface area contributed by atoms with Gasteiger partial charge in [0.15, 0.2) is 5.82 Å². The number of carbonyl (C=O) groups excluding carboxylic acids is 1. The highest BCUT2D eigenvalue weighted by Gasteiger charge is 2.11. The maximum atomic E-state index is 12.1. The molecule has 0 aliphatic heterocycles. The van der Waals surface area contributed by atoms with Crippen molar-refractivity contribution < 1.29 is 4.79 Å². The zero-order valence-electron chi connectivity index (χ0n) is 12.8. The minimum Gasteiger partial charge on any atom is -0.306 e. The summed E-state index contributed by atoms with van der Waals surface area (Å²) in [6.07, 6.45) is 0. The van der Waals surface area contributed by atoms with E-state index in [-0.39, 0.29) is 0 Å². The van der Waals surface area contributed by atoms with Gasteiger partial charge in [0, 0.05) is 18.1 Å². The predicted molar refractivity (Wildman–Crippen MR) is 97.7 cm³/mol. The lowest BCUT2D eigenvalue weighted by molar-refractivity contribution is 0.262. The van der Waals surface area contributed by atoms with Gasteiger partial charge < -0.3 is 5.32 Å². The molecule has 0 aliphatic carbocycles. The third-order valence-electron chi connectivity index (χ3n) is 3.37. The number of aryl methyl sites for hydroxylation is 1. The standard InChI is InChI=1S/C17H14Cl2N4O/c1-23-15(11-5-3-2-4-6-11)10-16(22-23)21-17(24)20-14-8-7-12(18)9-13(14)19/h2-10H,1H3,(H2,20,21,22,24). The summed E-state index contributed by atoms with van der Waals surface area (Å²) >= 11 is 11.9. The molecule has 2 aromatic carbocycles. The number of anilines is 2. The van der Waals surface area contributed by atoms with Crippen molar-refractivity contribution in [1.29, 1.82) is 0 Å². The van der Waals surface area contributed by atoms with Crippen LogP contribution in [0.3, 0.4) is 0 Å². The first-order valence-corrected chi connectivity index (χ1v) is 7.91. The van der Waals surface area contributed by atoms with Crippen molar-refractivity contribution in [1.82, 2.24) is 9.78 Å². The third kappa shape index (κ3) is 3.69. The number of hydrogen-bond acceptors (Lipinski definition) is 2. The minimum absolute atomic E-state index is 0.364. The number of amides is 2. The summed E-state index contributed by atoms with van der Waals surface area (Å²) in [5.41, 5.74) is 2.38. The van der Waals surface area contributed by atoms with Crippen LogP contribution < -0.4 is 10.6 Å². The van der Waals surface area contributed by atoms with Gasteiger partial charge in [0.2, 0.25) is 0 Å². The molecule has 0 saturated heterocycles. The normalized spacial score (nSPS) is 10.5. The summed E-state index contributed by atoms with van der Waals surface area (Å²) in [5, 5.41) is 10.5. The molecule has 0 aliphatic rings. The Kier molecular flexibility index (Phi) is 4.74. The summed E-state index contributed by atoms with van der Waals surface area (Å²) in [6, 6.07) is 16.0. The van der Waals surface area contributed by atoms with Crippen LogP contribution >= 0.6 is 23.2 Å². The van der Waals surface area contributed by atoms with E-state index in [0.29, 0.717) is 21.6 Å². The van der Waals surface area contributed by atoms with Crippen LogP contribution in [0.1, 0.15) is 0 Å². The van der Waals surface area contributed by atoms with E-state index >= 15 is 0 Å². The first kappa shape index (κ1) is 16.4. The molecule has 7 heteroatoms. The minimum atomic E-state index is -0.433. The van der Waals surface area contributed by atoms with Crippen LogP contribution in [0.4, 0.5) is 16.3 Å². The Balaban J connectivity index is 1.73. The van der Waals surface area contributed by atoms with Crippen LogP contribution in [0.5, 0.6) is 0 Å². The molecular weight excluding hydrogens is 347 g/mol. The Labute approximate surface area is 149 Å². The number of carbonyl (C=O) groups is 1. The van der Waals surface area contributed by atoms with Gasteiger partial charge >= 0.3 is 6.03 Å². The van der Waals surface area contributed by atoms with Crippen LogP contribution in [0, 0.1) is 0 Å². The Morgan fingerprint density at radius 1 is 1.04 bits per heavy atom. The van der Waals surface area contributed by atoms with Gasteiger partial charge in [-0.05, 0) is 23.8 Å². The Morgan fingerprint density at radius 3 is 2.50 bits per heavy atom. The second kappa shape index (κ2) is 6.95. The number of aromatic nitrogens is 2. The van der Waals surface area contributed by atoms with Crippen molar-refractivity contribution in [2.45, 2.75) is 0 Å². The second-order valence-electron chi connectivity index (χ2n) is 5.11. The van der Waals surface area contributed by atoms with Gasteiger partial charge in [0.1, 0.15) is 0 Å². The molecule has 3 rings (SSSR count). The lowest BCUT2D eigenvalue weighted by Crippen LogP contribution is -2.20. The Morgan fingerprint density at radius 2 is 1.79 bits per heavy atom. The number of hydrogen-bond donors (Lipinski definition) is 2. The molecule has 2 amide bonds. The monoisotopic (exact) mass is 360 g/mol. The van der Waals surface area contributed by atoms with Gasteiger partial charge in [0.25, 0.3) is 0 Å². The second-order valence-corrected chi connectivity index (χ2v) is 5.95. The average molecular weight is 361 g/mol. The summed E-state index contributed by atoms with van der Waals surface area (Å²) in [6.45, 7) is 0. The maximum Gasteiger partial charge on any atom is 0.324 e. The molecule has 3 aromatic rings. The summed E-state index contributed by atoms with van der Waals surface area (Å²) in [5.74, 6) is 0.443. The number of nitrogens with zero attached hydrogens (tertiary/aromatic N) is 2. The van der Waals surface area contributed by atoms with Gasteiger partial charge in [-0.1, -0.05) is 53.5 Å². The van der Waals surface area contributed by atoms with E-state index in [0.717, 1.165) is 11.3 Å². The van der Waals surface area contributed by atoms with E-state index in [1.165, 1.54) is 0 Å². The van der Waals surface area contributed by atoms with Crippen LogP contribution in [0.2, 0.25) is 10.0 Å². The van der Waals surface area contributed by atoms with E-state index in [2.05, 4.69) is 15.7 Å². The quantitative estimate of drug-likeness (QED) is 0.687. The smallest absolute Gasteiger partial charge is 0.306 e. The molecule has 0 unspecified atom stereocenters. The van der Waals surface area contributed by atoms with Crippen molar-refractivity contribution >= 4 is 40.7 Å². The average Bonchev–Trinajstić information content (AvgIpc) is 2.91. The molecule has 1 aromatic heterocycles. The molecule has 122 valence electrons. The lowest BCUT2D eigenvalue weighted by atomic mass is 10.1. The van der Waals surface area contributed by atoms with Crippen molar-refractivity contribution in [3.05, 3.63) is 64.6 Å². The van der Waals surface area contributed by atoms with Gasteiger partial charge in [-0.25, -0.2) is 4.79 Å². The van der Waals surface area contributed by atoms with Gasteiger partial charge in [-0.15, -0.1) is 0 Å². The first-order valence-electron chi connectivity index (χ1n) is 7.15. The lowest BCUT2D eigenvalue weighted by Gasteiger charge is -2.07. The summed E-state index contributed by atoms with van der Waals surface area (Å²) < 4.78 is 1.71. The first-order chi connectivity index (χ1) is 11.5. The molecule has 0 spiro atoms. The molecule has 2 N–H and O–H groups in total. The van der Waals surface area contributed by atoms with E-state index in [4.69, 9.17) is 23.2 Å². The Hall–Kier alpha value is -2.50. The summed E-state index contributed by atoms with van der Waals surface area (Å²) in [4.78, 5) is 12.1. The molecule has 24 heavy (non-hydrogen) atoms. The topological polar surface area (TPSA) is 59.0 Å². The highest BCUT2D eigenvalue weighted by atomic mass is 35.5. The van der Waals surface area contributed by atoms with E-state index in [1.807, 2.05) is 37.4 Å². The Bertz CT molecular complexity index is 878. The molecule has 0 fully saturated rings. The van der Waals surface area contributed by atoms with E-state index < -0.39 is 6.03 Å². The molecular formula is C17H14Cl2N4O. The molecule has 1 heterocycles. The summed E-state index contributed by atoms with van der Waals surface area (Å²) in [7, 11) is 1.82. The fourth-order valence-electron chi connectivity index (χ4n) is 2.27. The van der Waals surface area contributed by atoms with Crippen molar-refractivity contribution in [2.75, 3.05) is 10.6 Å². The maximum absolute atomic E-state index is 12.1. The largest absolute Gasteiger partial charge is 0.324 e. The molecule has 0 radical (unpaired) electrons. The number of benzene rings is 2. The fourth-order valence-corrected chi connectivity index (χ4v) is 2.72. The van der Waals surface area contributed by atoms with E-state index in [9.17, 15) is 4.79 Å². The molecule has 5 nitrogen and oxygen atoms in total. The highest BCUT2D eigenvalue weighted by molar-refractivity contribution is 6.36. The number of nitrogens with one attached hydrogen (secondary N) is 2. The predicted octanol–water partition coefficient (Wildman–Crippen LogP) is 5.04. The third-order valence-corrected chi connectivity index (χ3v) is 3.92. The van der Waals surface area contributed by atoms with E-state index in [1.54, 1.807) is 28.9 Å². The van der Waals surface area contributed by atoms with Crippen molar-refractivity contribution in [2.24, 2.45) is 7.05 Å². The molecule has 0 atom stereocenters. The van der Waals surface area contributed by atoms with Gasteiger partial charge in [-0.3, -0.25) is 10.00 Å². The SMILES string of the molecule is Cn1nc(NC(=O)Nc2ccc(Cl)cc2Cl)cc1-c1ccccc1. The van der Waals surface area contributed by atoms with Crippen LogP contribution in [-0.2, 0) is 7.05 Å². The van der Waals surface area contributed by atoms with Crippen LogP contribution in [0.25, 0.3) is 11.3 Å². The highest BCUT2D eigenvalue weighted by Crippen LogP contribution is 2.26. The van der Waals surface area contributed by atoms with Crippen LogP contribution in [0.15, 0.2) is 54.6 Å². The van der Waals surface area contributed by atoms with Crippen molar-refractivity contribution in [3.63, 3.8) is 0 Å². The number of urea groups is 1. The molecule has 0 saturated carbocycles.